The predicted octanol–water partition coefficient (Wildman–Crippen LogP) is 1.42. The van der Waals surface area contributed by atoms with Crippen LogP contribution in [0.3, 0.4) is 0 Å². The molecule has 1 saturated heterocycles. The fourth-order valence-electron chi connectivity index (χ4n) is 2.87. The summed E-state index contributed by atoms with van der Waals surface area (Å²) in [5, 5.41) is 3.34. The second-order valence-electron chi connectivity index (χ2n) is 6.49. The van der Waals surface area contributed by atoms with Crippen molar-refractivity contribution in [1.82, 2.24) is 15.1 Å². The summed E-state index contributed by atoms with van der Waals surface area (Å²) in [4.78, 5) is 21.1. The maximum atomic E-state index is 11.8. The van der Waals surface area contributed by atoms with Gasteiger partial charge in [-0.1, -0.05) is 13.8 Å². The first-order valence-corrected chi connectivity index (χ1v) is 8.75. The van der Waals surface area contributed by atoms with Crippen LogP contribution in [-0.2, 0) is 9.53 Å². The molecule has 1 fully saturated rings. The molecule has 3 atom stereocenters. The fourth-order valence-corrected chi connectivity index (χ4v) is 2.87. The van der Waals surface area contributed by atoms with Crippen LogP contribution in [0.25, 0.3) is 0 Å². The number of hydrogen-bond donors (Lipinski definition) is 1. The van der Waals surface area contributed by atoms with Crippen molar-refractivity contribution in [2.24, 2.45) is 16.8 Å². The molecule has 0 bridgehead atoms. The molecule has 0 spiro atoms. The molecule has 134 valence electrons. The van der Waals surface area contributed by atoms with Crippen LogP contribution in [0.5, 0.6) is 0 Å². The molecule has 1 N–H and O–H groups in total. The molecule has 0 amide bonds. The molecule has 3 unspecified atom stereocenters. The first kappa shape index (κ1) is 19.7. The van der Waals surface area contributed by atoms with Crippen molar-refractivity contribution >= 4 is 11.9 Å². The van der Waals surface area contributed by atoms with Crippen LogP contribution in [0.2, 0.25) is 0 Å². The Hall–Kier alpha value is -1.30. The van der Waals surface area contributed by atoms with Crippen LogP contribution >= 0.6 is 0 Å². The predicted molar refractivity (Wildman–Crippen MR) is 94.6 cm³/mol. The van der Waals surface area contributed by atoms with Gasteiger partial charge in [0.1, 0.15) is 0 Å². The van der Waals surface area contributed by atoms with E-state index in [0.717, 1.165) is 38.6 Å². The van der Waals surface area contributed by atoms with Gasteiger partial charge in [0.2, 0.25) is 0 Å². The Kier molecular flexibility index (Phi) is 8.37. The van der Waals surface area contributed by atoms with Gasteiger partial charge in [-0.3, -0.25) is 9.79 Å². The van der Waals surface area contributed by atoms with Crippen LogP contribution in [0.1, 0.15) is 34.1 Å². The zero-order chi connectivity index (χ0) is 17.4. The topological polar surface area (TPSA) is 57.2 Å². The number of likely N-dealkylation sites (tertiary alicyclic amines) is 1. The standard InChI is InChI=1S/C17H34N4O2/c1-7-14(4)20(5)10-9-19-17(18-8-2)21-11-13(3)15(12-21)16(22)23-6/h13-15H,7-12H2,1-6H3,(H,18,19). The van der Waals surface area contributed by atoms with Gasteiger partial charge in [0, 0.05) is 32.2 Å². The smallest absolute Gasteiger partial charge is 0.310 e. The molecule has 0 aromatic rings. The van der Waals surface area contributed by atoms with E-state index < -0.39 is 0 Å². The lowest BCUT2D eigenvalue weighted by molar-refractivity contribution is -0.145. The average molecular weight is 326 g/mol. The lowest BCUT2D eigenvalue weighted by atomic mass is 9.99. The van der Waals surface area contributed by atoms with Gasteiger partial charge in [0.25, 0.3) is 0 Å². The minimum atomic E-state index is -0.118. The quantitative estimate of drug-likeness (QED) is 0.436. The molecule has 0 saturated carbocycles. The van der Waals surface area contributed by atoms with Crippen molar-refractivity contribution in [3.05, 3.63) is 0 Å². The fraction of sp³-hybridized carbons (Fsp3) is 0.882. The first-order valence-electron chi connectivity index (χ1n) is 8.75. The summed E-state index contributed by atoms with van der Waals surface area (Å²) in [5.74, 6) is 1.01. The number of nitrogens with zero attached hydrogens (tertiary/aromatic N) is 3. The summed E-state index contributed by atoms with van der Waals surface area (Å²) < 4.78 is 4.91. The van der Waals surface area contributed by atoms with Crippen LogP contribution in [0.4, 0.5) is 0 Å². The maximum absolute atomic E-state index is 11.8. The van der Waals surface area contributed by atoms with Gasteiger partial charge in [-0.2, -0.15) is 0 Å². The molecule has 23 heavy (non-hydrogen) atoms. The van der Waals surface area contributed by atoms with Gasteiger partial charge >= 0.3 is 5.97 Å². The van der Waals surface area contributed by atoms with Gasteiger partial charge < -0.3 is 19.9 Å². The minimum Gasteiger partial charge on any atom is -0.469 e. The molecular formula is C17H34N4O2. The van der Waals surface area contributed by atoms with E-state index in [1.54, 1.807) is 0 Å². The Morgan fingerprint density at radius 1 is 1.43 bits per heavy atom. The molecule has 1 heterocycles. The number of aliphatic imine (C=N–C) groups is 1. The minimum absolute atomic E-state index is 0.0633. The number of hydrogen-bond acceptors (Lipinski definition) is 4. The molecule has 0 radical (unpaired) electrons. The number of carbonyl (C=O) groups is 1. The number of ether oxygens (including phenoxy) is 1. The monoisotopic (exact) mass is 326 g/mol. The van der Waals surface area contributed by atoms with Gasteiger partial charge in [0.05, 0.1) is 19.6 Å². The highest BCUT2D eigenvalue weighted by Crippen LogP contribution is 2.24. The number of esters is 1. The molecule has 1 aliphatic heterocycles. The Morgan fingerprint density at radius 2 is 2.13 bits per heavy atom. The van der Waals surface area contributed by atoms with Crippen molar-refractivity contribution in [1.29, 1.82) is 0 Å². The SMILES string of the molecule is CCNC(=NCCN(C)C(C)CC)N1CC(C)C(C(=O)OC)C1. The number of nitrogens with one attached hydrogen (secondary N) is 1. The van der Waals surface area contributed by atoms with E-state index in [1.165, 1.54) is 7.11 Å². The largest absolute Gasteiger partial charge is 0.469 e. The summed E-state index contributed by atoms with van der Waals surface area (Å²) >= 11 is 0. The van der Waals surface area contributed by atoms with Gasteiger partial charge in [-0.25, -0.2) is 0 Å². The van der Waals surface area contributed by atoms with Crippen LogP contribution in [-0.4, -0.2) is 74.7 Å². The normalized spacial score (nSPS) is 23.3. The third kappa shape index (κ3) is 5.68. The van der Waals surface area contributed by atoms with Gasteiger partial charge in [-0.05, 0) is 33.2 Å². The van der Waals surface area contributed by atoms with Gasteiger partial charge in [0.15, 0.2) is 5.96 Å². The molecule has 6 nitrogen and oxygen atoms in total. The number of carbonyl (C=O) groups excluding carboxylic acids is 1. The van der Waals surface area contributed by atoms with E-state index in [2.05, 4.69) is 49.9 Å². The highest BCUT2D eigenvalue weighted by atomic mass is 16.5. The second kappa shape index (κ2) is 9.75. The lowest BCUT2D eigenvalue weighted by Gasteiger charge is -2.24. The highest BCUT2D eigenvalue weighted by molar-refractivity contribution is 5.82. The van der Waals surface area contributed by atoms with Gasteiger partial charge in [-0.15, -0.1) is 0 Å². The van der Waals surface area contributed by atoms with Crippen LogP contribution < -0.4 is 5.32 Å². The number of rotatable bonds is 7. The first-order chi connectivity index (χ1) is 10.9. The number of guanidine groups is 1. The molecule has 6 heteroatoms. The summed E-state index contributed by atoms with van der Waals surface area (Å²) in [7, 11) is 3.60. The van der Waals surface area contributed by atoms with E-state index in [0.29, 0.717) is 12.6 Å². The number of likely N-dealkylation sites (N-methyl/N-ethyl adjacent to an activating group) is 1. The highest BCUT2D eigenvalue weighted by Gasteiger charge is 2.36. The van der Waals surface area contributed by atoms with E-state index in [1.807, 2.05) is 0 Å². The third-order valence-corrected chi connectivity index (χ3v) is 4.81. The zero-order valence-electron chi connectivity index (χ0n) is 15.6. The molecular weight excluding hydrogens is 292 g/mol. The van der Waals surface area contributed by atoms with Crippen molar-refractivity contribution in [2.75, 3.05) is 46.9 Å². The molecule has 0 aromatic heterocycles. The van der Waals surface area contributed by atoms with E-state index in [-0.39, 0.29) is 17.8 Å². The third-order valence-electron chi connectivity index (χ3n) is 4.81. The molecule has 0 aliphatic carbocycles. The summed E-state index contributed by atoms with van der Waals surface area (Å²) in [6.45, 7) is 12.7. The average Bonchev–Trinajstić information content (AvgIpc) is 2.94. The van der Waals surface area contributed by atoms with Crippen molar-refractivity contribution in [3.63, 3.8) is 0 Å². The van der Waals surface area contributed by atoms with Crippen molar-refractivity contribution < 1.29 is 9.53 Å². The zero-order valence-corrected chi connectivity index (χ0v) is 15.6. The lowest BCUT2D eigenvalue weighted by Crippen LogP contribution is -2.41. The van der Waals surface area contributed by atoms with E-state index in [9.17, 15) is 4.79 Å². The maximum Gasteiger partial charge on any atom is 0.310 e. The Labute approximate surface area is 141 Å². The summed E-state index contributed by atoms with van der Waals surface area (Å²) in [5.41, 5.74) is 0. The molecule has 1 aliphatic rings. The van der Waals surface area contributed by atoms with Crippen molar-refractivity contribution in [2.45, 2.75) is 40.2 Å². The van der Waals surface area contributed by atoms with Crippen molar-refractivity contribution in [3.8, 4) is 0 Å². The molecule has 1 rings (SSSR count). The second-order valence-corrected chi connectivity index (χ2v) is 6.49. The Morgan fingerprint density at radius 3 is 2.70 bits per heavy atom. The van der Waals surface area contributed by atoms with Crippen LogP contribution in [0, 0.1) is 11.8 Å². The molecule has 0 aromatic carbocycles. The van der Waals surface area contributed by atoms with E-state index >= 15 is 0 Å². The van der Waals surface area contributed by atoms with Crippen LogP contribution in [0.15, 0.2) is 4.99 Å². The Bertz CT molecular complexity index is 400. The number of methoxy groups -OCH3 is 1. The Balaban J connectivity index is 2.64. The summed E-state index contributed by atoms with van der Waals surface area (Å²) in [6.07, 6.45) is 1.14. The summed E-state index contributed by atoms with van der Waals surface area (Å²) in [6, 6.07) is 0.572. The van der Waals surface area contributed by atoms with E-state index in [4.69, 9.17) is 9.73 Å².